The highest BCUT2D eigenvalue weighted by molar-refractivity contribution is 9.10. The van der Waals surface area contributed by atoms with Crippen molar-refractivity contribution in [3.63, 3.8) is 0 Å². The molecule has 0 fully saturated rings. The Labute approximate surface area is 102 Å². The van der Waals surface area contributed by atoms with Crippen molar-refractivity contribution in [1.82, 2.24) is 4.98 Å². The molecule has 0 N–H and O–H groups in total. The van der Waals surface area contributed by atoms with E-state index < -0.39 is 11.7 Å². The monoisotopic (exact) mass is 307 g/mol. The zero-order chi connectivity index (χ0) is 12.5. The minimum atomic E-state index is -4.36. The molecule has 0 bridgehead atoms. The number of benzene rings is 1. The molecule has 0 spiro atoms. The summed E-state index contributed by atoms with van der Waals surface area (Å²) in [5.41, 5.74) is -0.738. The summed E-state index contributed by atoms with van der Waals surface area (Å²) >= 11 is 3.05. The average molecular weight is 308 g/mol. The van der Waals surface area contributed by atoms with Gasteiger partial charge in [0.2, 0.25) is 0 Å². The molecule has 90 valence electrons. The Kier molecular flexibility index (Phi) is 3.10. The number of hydrogen-bond donors (Lipinski definition) is 0. The first kappa shape index (κ1) is 12.0. The number of aromatic nitrogens is 1. The summed E-state index contributed by atoms with van der Waals surface area (Å²) in [6.07, 6.45) is -3.10. The summed E-state index contributed by atoms with van der Waals surface area (Å²) in [6, 6.07) is 4.24. The molecule has 1 heterocycles. The largest absolute Gasteiger partial charge is 0.416 e. The molecule has 0 aliphatic rings. The van der Waals surface area contributed by atoms with Crippen molar-refractivity contribution in [2.24, 2.45) is 0 Å². The Morgan fingerprint density at radius 3 is 2.29 bits per heavy atom. The summed E-state index contributed by atoms with van der Waals surface area (Å²) in [4.78, 5) is 3.78. The number of ether oxygens (including phenoxy) is 1. The molecule has 1 aromatic heterocycles. The van der Waals surface area contributed by atoms with Crippen LogP contribution in [-0.2, 0) is 6.18 Å². The average Bonchev–Trinajstić information content (AvgIpc) is 2.63. The third-order valence-corrected chi connectivity index (χ3v) is 2.21. The molecule has 0 amide bonds. The van der Waals surface area contributed by atoms with Gasteiger partial charge in [-0.3, -0.25) is 0 Å². The van der Waals surface area contributed by atoms with Crippen molar-refractivity contribution in [3.8, 4) is 11.8 Å². The van der Waals surface area contributed by atoms with Gasteiger partial charge in [-0.25, -0.2) is 0 Å². The molecule has 0 aliphatic carbocycles. The molecule has 2 rings (SSSR count). The molecule has 0 atom stereocenters. The lowest BCUT2D eigenvalue weighted by atomic mass is 10.2. The fourth-order valence-electron chi connectivity index (χ4n) is 1.10. The highest BCUT2D eigenvalue weighted by atomic mass is 79.9. The van der Waals surface area contributed by atoms with Gasteiger partial charge >= 0.3 is 12.3 Å². The summed E-state index contributed by atoms with van der Waals surface area (Å²) in [7, 11) is 0. The number of rotatable bonds is 2. The van der Waals surface area contributed by atoms with Gasteiger partial charge in [-0.15, -0.1) is 0 Å². The molecule has 1 aromatic carbocycles. The Balaban J connectivity index is 2.13. The summed E-state index contributed by atoms with van der Waals surface area (Å²) in [6.45, 7) is 0. The summed E-state index contributed by atoms with van der Waals surface area (Å²) in [5.74, 6) is 0.215. The molecule has 3 nitrogen and oxygen atoms in total. The van der Waals surface area contributed by atoms with Gasteiger partial charge in [0, 0.05) is 0 Å². The van der Waals surface area contributed by atoms with Crippen LogP contribution in [0.5, 0.6) is 11.8 Å². The second kappa shape index (κ2) is 4.40. The molecular weight excluding hydrogens is 303 g/mol. The van der Waals surface area contributed by atoms with Crippen molar-refractivity contribution in [1.29, 1.82) is 0 Å². The Morgan fingerprint density at radius 1 is 1.18 bits per heavy atom. The van der Waals surface area contributed by atoms with Crippen molar-refractivity contribution >= 4 is 15.9 Å². The Morgan fingerprint density at radius 2 is 1.82 bits per heavy atom. The third kappa shape index (κ3) is 3.00. The molecule has 0 saturated heterocycles. The van der Waals surface area contributed by atoms with E-state index in [9.17, 15) is 13.2 Å². The minimum Gasteiger partial charge on any atom is -0.416 e. The first-order valence-corrected chi connectivity index (χ1v) is 5.20. The lowest BCUT2D eigenvalue weighted by Gasteiger charge is -2.06. The molecule has 7 heteroatoms. The maximum Gasteiger partial charge on any atom is 0.416 e. The highest BCUT2D eigenvalue weighted by Gasteiger charge is 2.30. The lowest BCUT2D eigenvalue weighted by Crippen LogP contribution is -2.03. The minimum absolute atomic E-state index is 0.0448. The van der Waals surface area contributed by atoms with E-state index in [1.807, 2.05) is 0 Å². The van der Waals surface area contributed by atoms with E-state index in [-0.39, 0.29) is 11.8 Å². The second-order valence-electron chi connectivity index (χ2n) is 3.06. The standard InChI is InChI=1S/C10H5BrF3NO2/c11-8-5-16-9(15-8)17-7-3-1-6(2-4-7)10(12,13)14/h1-5H. The van der Waals surface area contributed by atoms with Crippen molar-refractivity contribution in [2.75, 3.05) is 0 Å². The van der Waals surface area contributed by atoms with Crippen LogP contribution in [0.4, 0.5) is 13.2 Å². The van der Waals surface area contributed by atoms with E-state index >= 15 is 0 Å². The van der Waals surface area contributed by atoms with Crippen LogP contribution in [0, 0.1) is 0 Å². The van der Waals surface area contributed by atoms with Gasteiger partial charge in [0.25, 0.3) is 0 Å². The molecule has 17 heavy (non-hydrogen) atoms. The van der Waals surface area contributed by atoms with Crippen LogP contribution in [0.3, 0.4) is 0 Å². The lowest BCUT2D eigenvalue weighted by molar-refractivity contribution is -0.137. The quantitative estimate of drug-likeness (QED) is 0.832. The summed E-state index contributed by atoms with van der Waals surface area (Å²) in [5, 5.41) is 0. The topological polar surface area (TPSA) is 35.3 Å². The van der Waals surface area contributed by atoms with Gasteiger partial charge in [0.1, 0.15) is 16.6 Å². The highest BCUT2D eigenvalue weighted by Crippen LogP contribution is 2.31. The first-order valence-electron chi connectivity index (χ1n) is 4.41. The SMILES string of the molecule is FC(F)(F)c1ccc(Oc2nc(Br)co2)cc1. The maximum atomic E-state index is 12.3. The van der Waals surface area contributed by atoms with Gasteiger partial charge in [-0.05, 0) is 40.2 Å². The number of nitrogens with zero attached hydrogens (tertiary/aromatic N) is 1. The van der Waals surface area contributed by atoms with Gasteiger partial charge < -0.3 is 9.15 Å². The van der Waals surface area contributed by atoms with Crippen LogP contribution in [0.15, 0.2) is 39.5 Å². The van der Waals surface area contributed by atoms with Crippen LogP contribution >= 0.6 is 15.9 Å². The van der Waals surface area contributed by atoms with Crippen molar-refractivity contribution in [3.05, 3.63) is 40.7 Å². The fraction of sp³-hybridized carbons (Fsp3) is 0.100. The zero-order valence-electron chi connectivity index (χ0n) is 8.16. The molecule has 2 aromatic rings. The van der Waals surface area contributed by atoms with Crippen LogP contribution in [-0.4, -0.2) is 4.98 Å². The molecule has 0 aliphatic heterocycles. The smallest absolute Gasteiger partial charge is 0.416 e. The van der Waals surface area contributed by atoms with E-state index in [4.69, 9.17) is 9.15 Å². The Bertz CT molecular complexity index is 507. The summed E-state index contributed by atoms with van der Waals surface area (Å²) < 4.78 is 47.2. The third-order valence-electron chi connectivity index (χ3n) is 1.84. The Hall–Kier alpha value is -1.50. The first-order chi connectivity index (χ1) is 7.95. The van der Waals surface area contributed by atoms with E-state index in [1.54, 1.807) is 0 Å². The molecule has 0 radical (unpaired) electrons. The van der Waals surface area contributed by atoms with Crippen LogP contribution in [0.2, 0.25) is 0 Å². The molecule has 0 unspecified atom stereocenters. The number of halogens is 4. The maximum absolute atomic E-state index is 12.3. The normalized spacial score (nSPS) is 11.5. The zero-order valence-corrected chi connectivity index (χ0v) is 9.75. The van der Waals surface area contributed by atoms with E-state index in [2.05, 4.69) is 20.9 Å². The predicted octanol–water partition coefficient (Wildman–Crippen LogP) is 4.25. The van der Waals surface area contributed by atoms with Gasteiger partial charge in [-0.1, -0.05) is 0 Å². The van der Waals surface area contributed by atoms with Gasteiger partial charge in [-0.2, -0.15) is 18.2 Å². The van der Waals surface area contributed by atoms with Crippen LogP contribution in [0.1, 0.15) is 5.56 Å². The molecular formula is C10H5BrF3NO2. The number of hydrogen-bond acceptors (Lipinski definition) is 3. The predicted molar refractivity (Wildman–Crippen MR) is 55.7 cm³/mol. The fourth-order valence-corrected chi connectivity index (χ4v) is 1.34. The number of oxazole rings is 1. The van der Waals surface area contributed by atoms with E-state index in [1.165, 1.54) is 18.4 Å². The van der Waals surface area contributed by atoms with Crippen molar-refractivity contribution in [2.45, 2.75) is 6.18 Å². The molecule has 0 saturated carbocycles. The van der Waals surface area contributed by atoms with Crippen LogP contribution < -0.4 is 4.74 Å². The van der Waals surface area contributed by atoms with E-state index in [0.29, 0.717) is 4.60 Å². The van der Waals surface area contributed by atoms with Gasteiger partial charge in [0.05, 0.1) is 5.56 Å². The van der Waals surface area contributed by atoms with Crippen LogP contribution in [0.25, 0.3) is 0 Å². The van der Waals surface area contributed by atoms with Crippen molar-refractivity contribution < 1.29 is 22.3 Å². The van der Waals surface area contributed by atoms with E-state index in [0.717, 1.165) is 12.1 Å². The van der Waals surface area contributed by atoms with Gasteiger partial charge in [0.15, 0.2) is 0 Å². The second-order valence-corrected chi connectivity index (χ2v) is 3.87. The number of alkyl halides is 3.